The highest BCUT2D eigenvalue weighted by Gasteiger charge is 2.38. The highest BCUT2D eigenvalue weighted by molar-refractivity contribution is 6.91. The molecule has 0 atom stereocenters. The monoisotopic (exact) mass is 428 g/mol. The van der Waals surface area contributed by atoms with Gasteiger partial charge in [-0.1, -0.05) is 79.3 Å². The molecule has 0 amide bonds. The first-order valence-corrected chi connectivity index (χ1v) is 18.3. The first kappa shape index (κ1) is 24.7. The third kappa shape index (κ3) is 7.23. The highest BCUT2D eigenvalue weighted by Crippen LogP contribution is 2.21. The lowest BCUT2D eigenvalue weighted by atomic mass is 10.4. The second-order valence-corrected chi connectivity index (χ2v) is 21.4. The molecule has 0 aliphatic heterocycles. The Bertz CT molecular complexity index is 534. The lowest BCUT2D eigenvalue weighted by Crippen LogP contribution is -2.46. The molecule has 4 nitrogen and oxygen atoms in total. The standard InChI is InChI=1S/C20H40O4Si3/c1-21-15-9-16-25(5,6)19-11-13-20(14-12-19)26(7,8)17-10-18-27(22-2,23-3)24-4/h11-14H,9-10,15-18H2,1-8H3. The van der Waals surface area contributed by atoms with Gasteiger partial charge in [-0.05, 0) is 6.42 Å². The largest absolute Gasteiger partial charge is 0.500 e. The van der Waals surface area contributed by atoms with E-state index in [9.17, 15) is 0 Å². The molecule has 0 bridgehead atoms. The summed E-state index contributed by atoms with van der Waals surface area (Å²) in [7, 11) is 1.56. The van der Waals surface area contributed by atoms with Crippen LogP contribution in [0.25, 0.3) is 0 Å². The zero-order chi connectivity index (χ0) is 20.6. The van der Waals surface area contributed by atoms with Crippen LogP contribution in [0.5, 0.6) is 0 Å². The van der Waals surface area contributed by atoms with E-state index in [1.165, 1.54) is 17.3 Å². The molecule has 0 heterocycles. The van der Waals surface area contributed by atoms with Gasteiger partial charge in [0, 0.05) is 41.1 Å². The molecular formula is C20H40O4Si3. The Balaban J connectivity index is 2.72. The van der Waals surface area contributed by atoms with Crippen LogP contribution in [0.15, 0.2) is 24.3 Å². The number of benzene rings is 1. The second kappa shape index (κ2) is 11.0. The maximum atomic E-state index is 5.56. The molecule has 0 aliphatic carbocycles. The molecule has 0 aromatic heterocycles. The normalized spacial score (nSPS) is 13.2. The number of hydrogen-bond acceptors (Lipinski definition) is 4. The smallest absolute Gasteiger partial charge is 0.385 e. The molecule has 7 heteroatoms. The van der Waals surface area contributed by atoms with Crippen molar-refractivity contribution in [3.05, 3.63) is 24.3 Å². The molecule has 0 saturated carbocycles. The molecule has 0 radical (unpaired) electrons. The Morgan fingerprint density at radius 3 is 1.41 bits per heavy atom. The van der Waals surface area contributed by atoms with Crippen molar-refractivity contribution in [1.82, 2.24) is 0 Å². The van der Waals surface area contributed by atoms with Crippen LogP contribution in [-0.4, -0.2) is 60.0 Å². The van der Waals surface area contributed by atoms with Gasteiger partial charge in [0.2, 0.25) is 0 Å². The second-order valence-electron chi connectivity index (χ2n) is 8.59. The van der Waals surface area contributed by atoms with E-state index >= 15 is 0 Å². The average Bonchev–Trinajstić information content (AvgIpc) is 2.66. The molecule has 1 aromatic rings. The summed E-state index contributed by atoms with van der Waals surface area (Å²) in [4.78, 5) is 0. The number of hydrogen-bond donors (Lipinski definition) is 0. The zero-order valence-electron chi connectivity index (χ0n) is 18.7. The molecule has 1 rings (SSSR count). The topological polar surface area (TPSA) is 36.9 Å². The Hall–Kier alpha value is -0.289. The molecule has 0 N–H and O–H groups in total. The van der Waals surface area contributed by atoms with Crippen molar-refractivity contribution in [3.8, 4) is 0 Å². The minimum atomic E-state index is -2.45. The minimum Gasteiger partial charge on any atom is -0.385 e. The van der Waals surface area contributed by atoms with Crippen LogP contribution in [0.4, 0.5) is 0 Å². The first-order valence-electron chi connectivity index (χ1n) is 9.92. The summed E-state index contributed by atoms with van der Waals surface area (Å²) < 4.78 is 21.9. The van der Waals surface area contributed by atoms with E-state index in [1.807, 2.05) is 0 Å². The van der Waals surface area contributed by atoms with Gasteiger partial charge in [0.15, 0.2) is 0 Å². The van der Waals surface area contributed by atoms with Gasteiger partial charge in [-0.3, -0.25) is 0 Å². The van der Waals surface area contributed by atoms with Crippen LogP contribution in [-0.2, 0) is 18.0 Å². The van der Waals surface area contributed by atoms with Crippen molar-refractivity contribution in [3.63, 3.8) is 0 Å². The fourth-order valence-electron chi connectivity index (χ4n) is 3.62. The van der Waals surface area contributed by atoms with Crippen LogP contribution in [0.2, 0.25) is 44.3 Å². The van der Waals surface area contributed by atoms with Crippen molar-refractivity contribution >= 4 is 35.3 Å². The zero-order valence-corrected chi connectivity index (χ0v) is 21.7. The number of methoxy groups -OCH3 is 1. The summed E-state index contributed by atoms with van der Waals surface area (Å²) in [5.74, 6) is 0. The Morgan fingerprint density at radius 1 is 0.630 bits per heavy atom. The van der Waals surface area contributed by atoms with E-state index in [0.29, 0.717) is 0 Å². The molecule has 27 heavy (non-hydrogen) atoms. The molecule has 0 fully saturated rings. The summed E-state index contributed by atoms with van der Waals surface area (Å²) in [5, 5.41) is 3.09. The first-order chi connectivity index (χ1) is 12.7. The van der Waals surface area contributed by atoms with Crippen molar-refractivity contribution in [2.24, 2.45) is 0 Å². The van der Waals surface area contributed by atoms with Gasteiger partial charge in [-0.2, -0.15) is 0 Å². The Labute approximate surface area is 170 Å². The van der Waals surface area contributed by atoms with E-state index in [0.717, 1.165) is 25.5 Å². The molecule has 156 valence electrons. The highest BCUT2D eigenvalue weighted by atomic mass is 28.4. The predicted octanol–water partition coefficient (Wildman–Crippen LogP) is 3.82. The van der Waals surface area contributed by atoms with Crippen LogP contribution >= 0.6 is 0 Å². The van der Waals surface area contributed by atoms with E-state index < -0.39 is 25.0 Å². The van der Waals surface area contributed by atoms with Gasteiger partial charge in [0.25, 0.3) is 0 Å². The molecule has 0 unspecified atom stereocenters. The van der Waals surface area contributed by atoms with Crippen LogP contribution in [0.1, 0.15) is 12.8 Å². The third-order valence-electron chi connectivity index (χ3n) is 5.82. The Morgan fingerprint density at radius 2 is 1.04 bits per heavy atom. The lowest BCUT2D eigenvalue weighted by Gasteiger charge is -2.28. The van der Waals surface area contributed by atoms with Crippen LogP contribution < -0.4 is 10.4 Å². The number of rotatable bonds is 13. The SMILES string of the molecule is COCCC[Si](C)(C)c1ccc([Si](C)(C)CCC[Si](OC)(OC)OC)cc1. The molecule has 0 spiro atoms. The molecular weight excluding hydrogens is 388 g/mol. The predicted molar refractivity (Wildman–Crippen MR) is 123 cm³/mol. The van der Waals surface area contributed by atoms with Gasteiger partial charge >= 0.3 is 8.80 Å². The van der Waals surface area contributed by atoms with Gasteiger partial charge < -0.3 is 18.0 Å². The van der Waals surface area contributed by atoms with Gasteiger partial charge in [0.05, 0.1) is 16.1 Å². The summed E-state index contributed by atoms with van der Waals surface area (Å²) in [5.41, 5.74) is 0. The lowest BCUT2D eigenvalue weighted by molar-refractivity contribution is 0.123. The minimum absolute atomic E-state index is 0.865. The molecule has 1 aromatic carbocycles. The van der Waals surface area contributed by atoms with Crippen molar-refractivity contribution in [1.29, 1.82) is 0 Å². The molecule has 0 aliphatic rings. The van der Waals surface area contributed by atoms with Gasteiger partial charge in [0.1, 0.15) is 0 Å². The van der Waals surface area contributed by atoms with Crippen LogP contribution in [0, 0.1) is 0 Å². The fourth-order valence-corrected chi connectivity index (χ4v) is 10.5. The average molecular weight is 429 g/mol. The summed E-state index contributed by atoms with van der Waals surface area (Å²) >= 11 is 0. The molecule has 0 saturated heterocycles. The van der Waals surface area contributed by atoms with E-state index in [2.05, 4.69) is 50.5 Å². The maximum absolute atomic E-state index is 5.56. The summed E-state index contributed by atoms with van der Waals surface area (Å²) in [6.07, 6.45) is 2.24. The van der Waals surface area contributed by atoms with Crippen molar-refractivity contribution in [2.45, 2.75) is 57.2 Å². The third-order valence-corrected chi connectivity index (χ3v) is 15.6. The number of ether oxygens (including phenoxy) is 1. The van der Waals surface area contributed by atoms with Crippen molar-refractivity contribution < 1.29 is 18.0 Å². The van der Waals surface area contributed by atoms with Gasteiger partial charge in [-0.15, -0.1) is 0 Å². The fraction of sp³-hybridized carbons (Fsp3) is 0.700. The summed E-state index contributed by atoms with van der Waals surface area (Å²) in [6.45, 7) is 10.7. The Kier molecular flexibility index (Phi) is 10.1. The van der Waals surface area contributed by atoms with Crippen LogP contribution in [0.3, 0.4) is 0 Å². The van der Waals surface area contributed by atoms with Crippen molar-refractivity contribution in [2.75, 3.05) is 35.0 Å². The van der Waals surface area contributed by atoms with E-state index in [-0.39, 0.29) is 0 Å². The van der Waals surface area contributed by atoms with Gasteiger partial charge in [-0.25, -0.2) is 0 Å². The van der Waals surface area contributed by atoms with E-state index in [1.54, 1.807) is 33.6 Å². The summed E-state index contributed by atoms with van der Waals surface area (Å²) in [6, 6.07) is 12.9. The maximum Gasteiger partial charge on any atom is 0.500 e. The van der Waals surface area contributed by atoms with E-state index in [4.69, 9.17) is 18.0 Å². The quantitative estimate of drug-likeness (QED) is 0.353.